The van der Waals surface area contributed by atoms with Gasteiger partial charge in [0.05, 0.1) is 16.6 Å². The van der Waals surface area contributed by atoms with Gasteiger partial charge in [0.1, 0.15) is 0 Å². The Morgan fingerprint density at radius 2 is 2.15 bits per heavy atom. The standard InChI is InChI=1S/C14H10ClN3O2/c1-7-12-10(14(19)20)6-11(16-13(12)18-17-7)8-3-2-4-9(15)5-8/h2-6H,1H3,(H,19,20)(H,16,17,18). The summed E-state index contributed by atoms with van der Waals surface area (Å²) in [5.74, 6) is -1.01. The number of H-pyrrole nitrogens is 1. The van der Waals surface area contributed by atoms with Crippen LogP contribution < -0.4 is 0 Å². The van der Waals surface area contributed by atoms with Gasteiger partial charge in [-0.2, -0.15) is 5.10 Å². The topological polar surface area (TPSA) is 78.9 Å². The second-order valence-electron chi connectivity index (χ2n) is 4.42. The Hall–Kier alpha value is -2.40. The highest BCUT2D eigenvalue weighted by Crippen LogP contribution is 2.27. The highest BCUT2D eigenvalue weighted by Gasteiger charge is 2.16. The highest BCUT2D eigenvalue weighted by molar-refractivity contribution is 6.30. The smallest absolute Gasteiger partial charge is 0.336 e. The lowest BCUT2D eigenvalue weighted by molar-refractivity contribution is 0.0699. The summed E-state index contributed by atoms with van der Waals surface area (Å²) in [6.45, 7) is 1.77. The molecule has 0 bridgehead atoms. The number of hydrogen-bond acceptors (Lipinski definition) is 3. The monoisotopic (exact) mass is 287 g/mol. The first kappa shape index (κ1) is 12.6. The number of nitrogens with one attached hydrogen (secondary N) is 1. The fourth-order valence-corrected chi connectivity index (χ4v) is 2.33. The van der Waals surface area contributed by atoms with Gasteiger partial charge < -0.3 is 5.11 Å². The van der Waals surface area contributed by atoms with Crippen molar-refractivity contribution in [2.45, 2.75) is 6.92 Å². The molecular formula is C14H10ClN3O2. The van der Waals surface area contributed by atoms with Gasteiger partial charge in [-0.1, -0.05) is 23.7 Å². The van der Waals surface area contributed by atoms with Crippen molar-refractivity contribution in [3.05, 3.63) is 46.6 Å². The third-order valence-corrected chi connectivity index (χ3v) is 3.29. The lowest BCUT2D eigenvalue weighted by Gasteiger charge is -2.04. The van der Waals surface area contributed by atoms with E-state index in [2.05, 4.69) is 15.2 Å². The molecule has 20 heavy (non-hydrogen) atoms. The van der Waals surface area contributed by atoms with E-state index in [9.17, 15) is 9.90 Å². The van der Waals surface area contributed by atoms with Crippen LogP contribution in [0.4, 0.5) is 0 Å². The second-order valence-corrected chi connectivity index (χ2v) is 4.85. The number of aromatic carboxylic acids is 1. The van der Waals surface area contributed by atoms with E-state index >= 15 is 0 Å². The largest absolute Gasteiger partial charge is 0.478 e. The Kier molecular flexibility index (Phi) is 2.91. The fourth-order valence-electron chi connectivity index (χ4n) is 2.14. The fraction of sp³-hybridized carbons (Fsp3) is 0.0714. The first-order valence-electron chi connectivity index (χ1n) is 5.91. The zero-order valence-electron chi connectivity index (χ0n) is 10.5. The molecule has 0 unspecified atom stereocenters. The number of fused-ring (bicyclic) bond motifs is 1. The normalized spacial score (nSPS) is 10.9. The van der Waals surface area contributed by atoms with Gasteiger partial charge in [0.25, 0.3) is 0 Å². The van der Waals surface area contributed by atoms with Crippen molar-refractivity contribution >= 4 is 28.6 Å². The molecule has 0 aliphatic carbocycles. The SMILES string of the molecule is Cc1[nH]nc2nc(-c3cccc(Cl)c3)cc(C(=O)O)c12. The number of nitrogens with zero attached hydrogens (tertiary/aromatic N) is 2. The van der Waals surface area contributed by atoms with Crippen LogP contribution in [0.1, 0.15) is 16.1 Å². The number of carboxylic acid groups (broad SMARTS) is 1. The molecule has 0 atom stereocenters. The van der Waals surface area contributed by atoms with Gasteiger partial charge >= 0.3 is 5.97 Å². The van der Waals surface area contributed by atoms with Crippen molar-refractivity contribution in [3.8, 4) is 11.3 Å². The molecule has 0 saturated carbocycles. The van der Waals surface area contributed by atoms with Gasteiger partial charge in [0.2, 0.25) is 0 Å². The molecule has 0 saturated heterocycles. The van der Waals surface area contributed by atoms with E-state index in [-0.39, 0.29) is 5.56 Å². The molecule has 3 rings (SSSR count). The lowest BCUT2D eigenvalue weighted by atomic mass is 10.1. The first-order valence-corrected chi connectivity index (χ1v) is 6.29. The third kappa shape index (κ3) is 2.02. The van der Waals surface area contributed by atoms with Gasteiger partial charge in [-0.25, -0.2) is 9.78 Å². The lowest BCUT2D eigenvalue weighted by Crippen LogP contribution is -2.00. The summed E-state index contributed by atoms with van der Waals surface area (Å²) in [5.41, 5.74) is 2.53. The van der Waals surface area contributed by atoms with E-state index in [0.717, 1.165) is 5.56 Å². The van der Waals surface area contributed by atoms with E-state index in [4.69, 9.17) is 11.6 Å². The third-order valence-electron chi connectivity index (χ3n) is 3.06. The van der Waals surface area contributed by atoms with E-state index in [1.54, 1.807) is 31.2 Å². The average molecular weight is 288 g/mol. The van der Waals surface area contributed by atoms with Gasteiger partial charge in [-0.15, -0.1) is 0 Å². The van der Waals surface area contributed by atoms with Crippen molar-refractivity contribution in [3.63, 3.8) is 0 Å². The number of aromatic amines is 1. The van der Waals surface area contributed by atoms with Crippen LogP contribution in [0.5, 0.6) is 0 Å². The van der Waals surface area contributed by atoms with Crippen molar-refractivity contribution < 1.29 is 9.90 Å². The van der Waals surface area contributed by atoms with E-state index in [1.165, 1.54) is 0 Å². The highest BCUT2D eigenvalue weighted by atomic mass is 35.5. The minimum absolute atomic E-state index is 0.177. The number of pyridine rings is 1. The minimum Gasteiger partial charge on any atom is -0.478 e. The number of hydrogen-bond donors (Lipinski definition) is 2. The van der Waals surface area contributed by atoms with Crippen LogP contribution in [0.2, 0.25) is 5.02 Å². The summed E-state index contributed by atoms with van der Waals surface area (Å²) in [6.07, 6.45) is 0. The first-order chi connectivity index (χ1) is 9.56. The minimum atomic E-state index is -1.01. The Labute approximate surface area is 119 Å². The van der Waals surface area contributed by atoms with Crippen molar-refractivity contribution in [1.29, 1.82) is 0 Å². The zero-order chi connectivity index (χ0) is 14.3. The Morgan fingerprint density at radius 1 is 1.35 bits per heavy atom. The van der Waals surface area contributed by atoms with Crippen molar-refractivity contribution in [2.24, 2.45) is 0 Å². The maximum atomic E-state index is 11.4. The molecule has 0 aliphatic rings. The molecule has 2 heterocycles. The van der Waals surface area contributed by atoms with Gasteiger partial charge in [0.15, 0.2) is 5.65 Å². The molecule has 0 spiro atoms. The van der Waals surface area contributed by atoms with Crippen LogP contribution in [0.25, 0.3) is 22.3 Å². The molecule has 5 nitrogen and oxygen atoms in total. The summed E-state index contributed by atoms with van der Waals surface area (Å²) >= 11 is 5.95. The van der Waals surface area contributed by atoms with Crippen LogP contribution in [-0.2, 0) is 0 Å². The summed E-state index contributed by atoms with van der Waals surface area (Å²) in [7, 11) is 0. The molecule has 1 aromatic carbocycles. The predicted molar refractivity (Wildman–Crippen MR) is 76.0 cm³/mol. The maximum Gasteiger partial charge on any atom is 0.336 e. The molecule has 100 valence electrons. The number of carbonyl (C=O) groups is 1. The van der Waals surface area contributed by atoms with E-state index in [1.807, 2.05) is 6.07 Å². The molecule has 2 aromatic heterocycles. The molecule has 6 heteroatoms. The average Bonchev–Trinajstić information content (AvgIpc) is 2.79. The summed E-state index contributed by atoms with van der Waals surface area (Å²) in [4.78, 5) is 15.8. The number of halogens is 1. The van der Waals surface area contributed by atoms with E-state index < -0.39 is 5.97 Å². The number of aryl methyl sites for hydroxylation is 1. The van der Waals surface area contributed by atoms with Gasteiger partial charge in [-0.05, 0) is 25.1 Å². The second kappa shape index (κ2) is 4.61. The predicted octanol–water partition coefficient (Wildman–Crippen LogP) is 3.28. The van der Waals surface area contributed by atoms with Gasteiger partial charge in [-0.3, -0.25) is 5.10 Å². The molecule has 0 aliphatic heterocycles. The van der Waals surface area contributed by atoms with Crippen LogP contribution in [0.3, 0.4) is 0 Å². The molecule has 0 amide bonds. The summed E-state index contributed by atoms with van der Waals surface area (Å²) in [6, 6.07) is 8.64. The Morgan fingerprint density at radius 3 is 2.85 bits per heavy atom. The molecule has 0 fully saturated rings. The Bertz CT molecular complexity index is 826. The number of aromatic nitrogens is 3. The van der Waals surface area contributed by atoms with E-state index in [0.29, 0.717) is 27.4 Å². The van der Waals surface area contributed by atoms with Crippen molar-refractivity contribution in [2.75, 3.05) is 0 Å². The van der Waals surface area contributed by atoms with Crippen LogP contribution in [0, 0.1) is 6.92 Å². The molecular weight excluding hydrogens is 278 g/mol. The Balaban J connectivity index is 2.30. The quantitative estimate of drug-likeness (QED) is 0.758. The van der Waals surface area contributed by atoms with Crippen LogP contribution in [-0.4, -0.2) is 26.3 Å². The van der Waals surface area contributed by atoms with Crippen LogP contribution in [0.15, 0.2) is 30.3 Å². The molecule has 3 aromatic rings. The van der Waals surface area contributed by atoms with Crippen molar-refractivity contribution in [1.82, 2.24) is 15.2 Å². The maximum absolute atomic E-state index is 11.4. The number of carboxylic acids is 1. The van der Waals surface area contributed by atoms with Crippen LogP contribution >= 0.6 is 11.6 Å². The van der Waals surface area contributed by atoms with Gasteiger partial charge in [0, 0.05) is 16.3 Å². The molecule has 0 radical (unpaired) electrons. The molecule has 2 N–H and O–H groups in total. The zero-order valence-corrected chi connectivity index (χ0v) is 11.3. The summed E-state index contributed by atoms with van der Waals surface area (Å²) in [5, 5.41) is 17.3. The number of benzene rings is 1. The number of rotatable bonds is 2. The summed E-state index contributed by atoms with van der Waals surface area (Å²) < 4.78 is 0.